The number of piperazine rings is 1. The van der Waals surface area contributed by atoms with E-state index in [4.69, 9.17) is 4.42 Å². The van der Waals surface area contributed by atoms with Crippen molar-refractivity contribution in [1.29, 1.82) is 0 Å². The zero-order valence-electron chi connectivity index (χ0n) is 18.2. The van der Waals surface area contributed by atoms with Crippen LogP contribution in [-0.4, -0.2) is 87.9 Å². The van der Waals surface area contributed by atoms with E-state index in [9.17, 15) is 14.4 Å². The van der Waals surface area contributed by atoms with Gasteiger partial charge in [-0.15, -0.1) is 21.5 Å². The van der Waals surface area contributed by atoms with Crippen LogP contribution in [0.15, 0.2) is 21.9 Å². The molecule has 2 aromatic heterocycles. The van der Waals surface area contributed by atoms with E-state index in [1.807, 2.05) is 29.3 Å². The number of aromatic nitrogens is 2. The van der Waals surface area contributed by atoms with E-state index in [1.54, 1.807) is 9.80 Å². The van der Waals surface area contributed by atoms with Crippen LogP contribution in [0.1, 0.15) is 32.1 Å². The first kappa shape index (κ1) is 22.4. The topological polar surface area (TPSA) is 112 Å². The lowest BCUT2D eigenvalue weighted by molar-refractivity contribution is -0.147. The minimum Gasteiger partial charge on any atom is -0.418 e. The number of hydrogen-bond donors (Lipinski definition) is 1. The fourth-order valence-corrected chi connectivity index (χ4v) is 4.21. The van der Waals surface area contributed by atoms with E-state index in [0.717, 1.165) is 24.1 Å². The highest BCUT2D eigenvalue weighted by Gasteiger charge is 2.31. The number of thiophene rings is 1. The van der Waals surface area contributed by atoms with Crippen molar-refractivity contribution in [2.75, 3.05) is 39.3 Å². The van der Waals surface area contributed by atoms with Crippen LogP contribution in [0.2, 0.25) is 0 Å². The monoisotopic (exact) mass is 460 g/mol. The second kappa shape index (κ2) is 10.2. The van der Waals surface area contributed by atoms with Gasteiger partial charge in [-0.05, 0) is 30.7 Å². The van der Waals surface area contributed by atoms with Crippen molar-refractivity contribution in [3.63, 3.8) is 0 Å². The van der Waals surface area contributed by atoms with Gasteiger partial charge in [0.05, 0.1) is 18.0 Å². The van der Waals surface area contributed by atoms with Crippen molar-refractivity contribution < 1.29 is 18.8 Å². The second-order valence-electron chi connectivity index (χ2n) is 8.11. The molecular weight excluding hydrogens is 432 g/mol. The van der Waals surface area contributed by atoms with Crippen molar-refractivity contribution in [1.82, 2.24) is 30.2 Å². The van der Waals surface area contributed by atoms with E-state index in [0.29, 0.717) is 44.5 Å². The van der Waals surface area contributed by atoms with Gasteiger partial charge in [0.2, 0.25) is 11.8 Å². The van der Waals surface area contributed by atoms with Crippen LogP contribution in [0.25, 0.3) is 10.8 Å². The van der Waals surface area contributed by atoms with E-state index < -0.39 is 11.8 Å². The molecule has 1 saturated heterocycles. The van der Waals surface area contributed by atoms with Crippen molar-refractivity contribution in [2.45, 2.75) is 38.8 Å². The van der Waals surface area contributed by atoms with Crippen molar-refractivity contribution in [2.24, 2.45) is 0 Å². The molecule has 1 saturated carbocycles. The lowest BCUT2D eigenvalue weighted by atomic mass is 10.3. The van der Waals surface area contributed by atoms with Crippen LogP contribution in [-0.2, 0) is 20.9 Å². The molecule has 172 valence electrons. The Morgan fingerprint density at radius 3 is 2.66 bits per heavy atom. The molecule has 4 rings (SSSR count). The average Bonchev–Trinajstić information content (AvgIpc) is 3.25. The highest BCUT2D eigenvalue weighted by molar-refractivity contribution is 7.13. The first-order valence-corrected chi connectivity index (χ1v) is 11.9. The van der Waals surface area contributed by atoms with Gasteiger partial charge in [-0.25, -0.2) is 0 Å². The van der Waals surface area contributed by atoms with E-state index >= 15 is 0 Å². The van der Waals surface area contributed by atoms with E-state index in [1.165, 1.54) is 11.3 Å². The summed E-state index contributed by atoms with van der Waals surface area (Å²) < 4.78 is 5.74. The first-order valence-electron chi connectivity index (χ1n) is 11.0. The van der Waals surface area contributed by atoms with Crippen LogP contribution in [0, 0.1) is 0 Å². The standard InChI is InChI=1S/C21H28N6O4S/c1-2-7-27(13-17-23-24-20(31-17)16-4-3-12-32-16)18(28)14-25-8-10-26(11-9-25)21(30)19(29)22-15-5-6-15/h3-4,12,15H,2,5-11,13-14H2,1H3,(H,22,29). The van der Waals surface area contributed by atoms with Crippen LogP contribution in [0.3, 0.4) is 0 Å². The third-order valence-corrected chi connectivity index (χ3v) is 6.35. The van der Waals surface area contributed by atoms with Crippen LogP contribution in [0.5, 0.6) is 0 Å². The minimum absolute atomic E-state index is 0.0195. The summed E-state index contributed by atoms with van der Waals surface area (Å²) in [7, 11) is 0. The number of carbonyl (C=O) groups is 3. The molecule has 32 heavy (non-hydrogen) atoms. The van der Waals surface area contributed by atoms with E-state index in [-0.39, 0.29) is 25.0 Å². The van der Waals surface area contributed by atoms with Gasteiger partial charge in [-0.2, -0.15) is 0 Å². The summed E-state index contributed by atoms with van der Waals surface area (Å²) in [5.41, 5.74) is 0. The average molecular weight is 461 g/mol. The maximum absolute atomic E-state index is 12.9. The molecule has 10 nitrogen and oxygen atoms in total. The van der Waals surface area contributed by atoms with Crippen molar-refractivity contribution in [3.05, 3.63) is 23.4 Å². The number of carbonyl (C=O) groups excluding carboxylic acids is 3. The number of nitrogens with zero attached hydrogens (tertiary/aromatic N) is 5. The molecule has 1 aliphatic carbocycles. The van der Waals surface area contributed by atoms with Crippen LogP contribution < -0.4 is 5.32 Å². The third-order valence-electron chi connectivity index (χ3n) is 5.50. The molecule has 0 atom stereocenters. The summed E-state index contributed by atoms with van der Waals surface area (Å²) in [6, 6.07) is 4.00. The summed E-state index contributed by atoms with van der Waals surface area (Å²) in [4.78, 5) is 43.4. The van der Waals surface area contributed by atoms with Gasteiger partial charge in [-0.1, -0.05) is 13.0 Å². The summed E-state index contributed by atoms with van der Waals surface area (Å²) >= 11 is 1.52. The van der Waals surface area contributed by atoms with Gasteiger partial charge < -0.3 is 19.5 Å². The Morgan fingerprint density at radius 2 is 2.00 bits per heavy atom. The molecule has 3 heterocycles. The van der Waals surface area contributed by atoms with Crippen molar-refractivity contribution >= 4 is 29.1 Å². The van der Waals surface area contributed by atoms with Gasteiger partial charge in [0.1, 0.15) is 0 Å². The molecule has 2 aromatic rings. The summed E-state index contributed by atoms with van der Waals surface area (Å²) in [5.74, 6) is -0.146. The molecular formula is C21H28N6O4S. The summed E-state index contributed by atoms with van der Waals surface area (Å²) in [5, 5.41) is 12.9. The Bertz CT molecular complexity index is 934. The van der Waals surface area contributed by atoms with Gasteiger partial charge in [0, 0.05) is 38.8 Å². The lowest BCUT2D eigenvalue weighted by Crippen LogP contribution is -2.54. The van der Waals surface area contributed by atoms with Crippen LogP contribution >= 0.6 is 11.3 Å². The Hall–Kier alpha value is -2.79. The predicted octanol–water partition coefficient (Wildman–Crippen LogP) is 0.960. The Labute approximate surface area is 190 Å². The van der Waals surface area contributed by atoms with Gasteiger partial charge in [-0.3, -0.25) is 19.3 Å². The molecule has 1 N–H and O–H groups in total. The number of rotatable bonds is 8. The highest BCUT2D eigenvalue weighted by atomic mass is 32.1. The lowest BCUT2D eigenvalue weighted by Gasteiger charge is -2.35. The number of hydrogen-bond acceptors (Lipinski definition) is 8. The van der Waals surface area contributed by atoms with Gasteiger partial charge in [0.15, 0.2) is 0 Å². The highest BCUT2D eigenvalue weighted by Crippen LogP contribution is 2.23. The fraction of sp³-hybridized carbons (Fsp3) is 0.571. The first-order chi connectivity index (χ1) is 15.5. The molecule has 0 aromatic carbocycles. The third kappa shape index (κ3) is 5.71. The second-order valence-corrected chi connectivity index (χ2v) is 9.06. The number of nitrogens with one attached hydrogen (secondary N) is 1. The summed E-state index contributed by atoms with van der Waals surface area (Å²) in [6.45, 7) is 5.11. The molecule has 1 aliphatic heterocycles. The Balaban J connectivity index is 1.27. The van der Waals surface area contributed by atoms with Gasteiger partial charge in [0.25, 0.3) is 5.89 Å². The molecule has 2 fully saturated rings. The minimum atomic E-state index is -0.521. The van der Waals surface area contributed by atoms with E-state index in [2.05, 4.69) is 15.5 Å². The maximum atomic E-state index is 12.9. The quantitative estimate of drug-likeness (QED) is 0.584. The smallest absolute Gasteiger partial charge is 0.311 e. The van der Waals surface area contributed by atoms with Crippen LogP contribution in [0.4, 0.5) is 0 Å². The largest absolute Gasteiger partial charge is 0.418 e. The Morgan fingerprint density at radius 1 is 1.22 bits per heavy atom. The number of amides is 3. The SMILES string of the molecule is CCCN(Cc1nnc(-c2cccs2)o1)C(=O)CN1CCN(C(=O)C(=O)NC2CC2)CC1. The molecule has 3 amide bonds. The predicted molar refractivity (Wildman–Crippen MR) is 118 cm³/mol. The normalized spacial score (nSPS) is 16.7. The van der Waals surface area contributed by atoms with Crippen molar-refractivity contribution in [3.8, 4) is 10.8 Å². The molecule has 0 radical (unpaired) electrons. The molecule has 0 spiro atoms. The zero-order chi connectivity index (χ0) is 22.5. The molecule has 11 heteroatoms. The fourth-order valence-electron chi connectivity index (χ4n) is 3.56. The van der Waals surface area contributed by atoms with Gasteiger partial charge >= 0.3 is 11.8 Å². The zero-order valence-corrected chi connectivity index (χ0v) is 19.0. The molecule has 0 unspecified atom stereocenters. The molecule has 2 aliphatic rings. The summed E-state index contributed by atoms with van der Waals surface area (Å²) in [6.07, 6.45) is 2.71. The maximum Gasteiger partial charge on any atom is 0.311 e. The molecule has 0 bridgehead atoms. The Kier molecular flexibility index (Phi) is 7.15.